The molecule has 6 nitrogen and oxygen atoms in total. The van der Waals surface area contributed by atoms with Gasteiger partial charge in [0.05, 0.1) is 0 Å². The number of carbonyl (C=O) groups excluding carboxylic acids is 3. The highest BCUT2D eigenvalue weighted by atomic mass is 16.6. The van der Waals surface area contributed by atoms with Gasteiger partial charge < -0.3 is 14.2 Å². The van der Waals surface area contributed by atoms with Crippen LogP contribution in [-0.4, -0.2) is 37.2 Å². The van der Waals surface area contributed by atoms with Crippen LogP contribution in [0.25, 0.3) is 0 Å². The number of rotatable bonds is 56. The van der Waals surface area contributed by atoms with Crippen molar-refractivity contribution in [1.29, 1.82) is 0 Å². The summed E-state index contributed by atoms with van der Waals surface area (Å²) < 4.78 is 16.9. The van der Waals surface area contributed by atoms with Crippen molar-refractivity contribution in [1.82, 2.24) is 0 Å². The zero-order valence-electron chi connectivity index (χ0n) is 46.7. The quantitative estimate of drug-likeness (QED) is 0.0343. The molecule has 68 heavy (non-hydrogen) atoms. The molecular formula is C62H120O6. The minimum absolute atomic E-state index is 0.0621. The lowest BCUT2D eigenvalue weighted by Gasteiger charge is -2.18. The van der Waals surface area contributed by atoms with Crippen LogP contribution in [0.5, 0.6) is 0 Å². The summed E-state index contributed by atoms with van der Waals surface area (Å²) in [6.07, 6.45) is 59.6. The molecule has 0 aromatic rings. The predicted molar refractivity (Wildman–Crippen MR) is 293 cm³/mol. The first-order valence-electron chi connectivity index (χ1n) is 30.7. The standard InChI is InChI=1S/C62H120O6/c1-6-7-8-9-10-11-12-20-29-34-39-44-49-54-62(65)68-59(56-67-61(64)53-48-43-38-33-28-24-19-22-26-31-36-41-46-51-58(4)5)55-66-60(63)52-47-42-37-32-27-23-18-16-14-13-15-17-21-25-30-35-40-45-50-57(2)3/h57-59H,6-56H2,1-5H3/t59-/m0/s1. The Bertz CT molecular complexity index is 1040. The van der Waals surface area contributed by atoms with Crippen LogP contribution in [-0.2, 0) is 28.6 Å². The average Bonchev–Trinajstić information content (AvgIpc) is 3.31. The number of unbranched alkanes of at least 4 members (excludes halogenated alkanes) is 41. The Labute approximate surface area is 425 Å². The molecule has 0 saturated carbocycles. The molecule has 0 bridgehead atoms. The Balaban J connectivity index is 4.24. The first-order chi connectivity index (χ1) is 33.2. The molecule has 6 heteroatoms. The van der Waals surface area contributed by atoms with E-state index in [1.54, 1.807) is 0 Å². The van der Waals surface area contributed by atoms with E-state index < -0.39 is 6.10 Å². The van der Waals surface area contributed by atoms with E-state index in [4.69, 9.17) is 14.2 Å². The second-order valence-electron chi connectivity index (χ2n) is 22.3. The lowest BCUT2D eigenvalue weighted by Crippen LogP contribution is -2.30. The normalized spacial score (nSPS) is 12.0. The third-order valence-electron chi connectivity index (χ3n) is 14.2. The second kappa shape index (κ2) is 54.7. The van der Waals surface area contributed by atoms with Crippen molar-refractivity contribution in [2.24, 2.45) is 11.8 Å². The van der Waals surface area contributed by atoms with Crippen molar-refractivity contribution < 1.29 is 28.6 Å². The second-order valence-corrected chi connectivity index (χ2v) is 22.3. The molecule has 0 aliphatic carbocycles. The van der Waals surface area contributed by atoms with Crippen LogP contribution < -0.4 is 0 Å². The molecule has 0 aliphatic rings. The molecule has 0 unspecified atom stereocenters. The van der Waals surface area contributed by atoms with Gasteiger partial charge in [-0.05, 0) is 31.1 Å². The highest BCUT2D eigenvalue weighted by Gasteiger charge is 2.19. The molecule has 0 aromatic carbocycles. The Kier molecular flexibility index (Phi) is 53.5. The summed E-state index contributed by atoms with van der Waals surface area (Å²) >= 11 is 0. The van der Waals surface area contributed by atoms with Crippen molar-refractivity contribution in [3.05, 3.63) is 0 Å². The van der Waals surface area contributed by atoms with Gasteiger partial charge in [0.15, 0.2) is 6.10 Å². The summed E-state index contributed by atoms with van der Waals surface area (Å²) in [6, 6.07) is 0. The summed E-state index contributed by atoms with van der Waals surface area (Å²) in [5.41, 5.74) is 0. The van der Waals surface area contributed by atoms with Crippen LogP contribution in [0.1, 0.15) is 349 Å². The Morgan fingerprint density at radius 2 is 0.485 bits per heavy atom. The molecule has 0 radical (unpaired) electrons. The highest BCUT2D eigenvalue weighted by molar-refractivity contribution is 5.71. The van der Waals surface area contributed by atoms with Gasteiger partial charge in [-0.15, -0.1) is 0 Å². The lowest BCUT2D eigenvalue weighted by atomic mass is 10.0. The van der Waals surface area contributed by atoms with Crippen molar-refractivity contribution in [3.63, 3.8) is 0 Å². The van der Waals surface area contributed by atoms with Gasteiger partial charge in [-0.3, -0.25) is 14.4 Å². The maximum Gasteiger partial charge on any atom is 0.306 e. The van der Waals surface area contributed by atoms with E-state index in [0.717, 1.165) is 69.6 Å². The van der Waals surface area contributed by atoms with Crippen molar-refractivity contribution in [3.8, 4) is 0 Å². The number of hydrogen-bond acceptors (Lipinski definition) is 6. The van der Waals surface area contributed by atoms with E-state index in [0.29, 0.717) is 19.3 Å². The predicted octanol–water partition coefficient (Wildman–Crippen LogP) is 20.4. The third-order valence-corrected chi connectivity index (χ3v) is 14.2. The largest absolute Gasteiger partial charge is 0.462 e. The zero-order valence-corrected chi connectivity index (χ0v) is 46.7. The zero-order chi connectivity index (χ0) is 49.6. The Morgan fingerprint density at radius 1 is 0.279 bits per heavy atom. The van der Waals surface area contributed by atoms with Gasteiger partial charge in [0.2, 0.25) is 0 Å². The van der Waals surface area contributed by atoms with Crippen molar-refractivity contribution in [2.75, 3.05) is 13.2 Å². The van der Waals surface area contributed by atoms with Crippen LogP contribution in [0.15, 0.2) is 0 Å². The smallest absolute Gasteiger partial charge is 0.306 e. The molecule has 0 rings (SSSR count). The summed E-state index contributed by atoms with van der Waals surface area (Å²) in [4.78, 5) is 38.2. The fraction of sp³-hybridized carbons (Fsp3) is 0.952. The summed E-state index contributed by atoms with van der Waals surface area (Å²) in [5, 5.41) is 0. The van der Waals surface area contributed by atoms with Gasteiger partial charge >= 0.3 is 17.9 Å². The van der Waals surface area contributed by atoms with Gasteiger partial charge in [0.25, 0.3) is 0 Å². The maximum absolute atomic E-state index is 12.9. The number of hydrogen-bond donors (Lipinski definition) is 0. The average molecular weight is 962 g/mol. The van der Waals surface area contributed by atoms with E-state index in [2.05, 4.69) is 34.6 Å². The van der Waals surface area contributed by atoms with E-state index in [9.17, 15) is 14.4 Å². The molecule has 0 aliphatic heterocycles. The number of ether oxygens (including phenoxy) is 3. The summed E-state index contributed by atoms with van der Waals surface area (Å²) in [6.45, 7) is 11.4. The topological polar surface area (TPSA) is 78.9 Å². The van der Waals surface area contributed by atoms with E-state index in [1.165, 1.54) is 238 Å². The first kappa shape index (κ1) is 66.4. The summed E-state index contributed by atoms with van der Waals surface area (Å²) in [7, 11) is 0. The minimum atomic E-state index is -0.763. The summed E-state index contributed by atoms with van der Waals surface area (Å²) in [5.74, 6) is 0.864. The van der Waals surface area contributed by atoms with Crippen LogP contribution in [0.2, 0.25) is 0 Å². The molecule has 0 fully saturated rings. The molecular weight excluding hydrogens is 841 g/mol. The first-order valence-corrected chi connectivity index (χ1v) is 30.7. The van der Waals surface area contributed by atoms with Gasteiger partial charge in [0, 0.05) is 19.3 Å². The molecule has 0 amide bonds. The van der Waals surface area contributed by atoms with Crippen LogP contribution in [0, 0.1) is 11.8 Å². The van der Waals surface area contributed by atoms with E-state index in [-0.39, 0.29) is 31.1 Å². The fourth-order valence-corrected chi connectivity index (χ4v) is 9.58. The van der Waals surface area contributed by atoms with Crippen LogP contribution >= 0.6 is 0 Å². The van der Waals surface area contributed by atoms with Gasteiger partial charge in [-0.2, -0.15) is 0 Å². The molecule has 0 spiro atoms. The SMILES string of the molecule is CCCCCCCCCCCCCCCC(=O)O[C@@H](COC(=O)CCCCCCCCCCCCCCCCCCCCC(C)C)COC(=O)CCCCCCCCCCCCCCCC(C)C. The molecule has 1 atom stereocenters. The van der Waals surface area contributed by atoms with Gasteiger partial charge in [-0.1, -0.05) is 311 Å². The van der Waals surface area contributed by atoms with E-state index >= 15 is 0 Å². The van der Waals surface area contributed by atoms with Crippen molar-refractivity contribution in [2.45, 2.75) is 355 Å². The Morgan fingerprint density at radius 3 is 0.721 bits per heavy atom. The third kappa shape index (κ3) is 55.3. The molecule has 0 heterocycles. The van der Waals surface area contributed by atoms with Gasteiger partial charge in [0.1, 0.15) is 13.2 Å². The molecule has 404 valence electrons. The van der Waals surface area contributed by atoms with Crippen molar-refractivity contribution >= 4 is 17.9 Å². The van der Waals surface area contributed by atoms with Crippen LogP contribution in [0.3, 0.4) is 0 Å². The highest BCUT2D eigenvalue weighted by Crippen LogP contribution is 2.19. The maximum atomic E-state index is 12.9. The van der Waals surface area contributed by atoms with Gasteiger partial charge in [-0.25, -0.2) is 0 Å². The minimum Gasteiger partial charge on any atom is -0.462 e. The Hall–Kier alpha value is -1.59. The fourth-order valence-electron chi connectivity index (χ4n) is 9.58. The molecule has 0 N–H and O–H groups in total. The molecule has 0 aromatic heterocycles. The molecule has 0 saturated heterocycles. The monoisotopic (exact) mass is 961 g/mol. The lowest BCUT2D eigenvalue weighted by molar-refractivity contribution is -0.167. The van der Waals surface area contributed by atoms with Crippen LogP contribution in [0.4, 0.5) is 0 Å². The number of carbonyl (C=O) groups is 3. The van der Waals surface area contributed by atoms with E-state index in [1.807, 2.05) is 0 Å². The number of esters is 3.